The molecule has 1 aliphatic heterocycles. The molecule has 0 aromatic carbocycles. The molecule has 1 heterocycles. The first-order chi connectivity index (χ1) is 9.24. The molecule has 4 nitrogen and oxygen atoms in total. The molecule has 0 amide bonds. The van der Waals surface area contributed by atoms with Crippen molar-refractivity contribution >= 4 is 5.97 Å². The molecule has 2 rings (SSSR count). The van der Waals surface area contributed by atoms with E-state index >= 15 is 0 Å². The lowest BCUT2D eigenvalue weighted by molar-refractivity contribution is -0.151. The van der Waals surface area contributed by atoms with Gasteiger partial charge in [0, 0.05) is 12.1 Å². The van der Waals surface area contributed by atoms with E-state index in [1.54, 1.807) is 0 Å². The largest absolute Gasteiger partial charge is 0.463 e. The molecular weight excluding hydrogens is 242 g/mol. The second-order valence-electron chi connectivity index (χ2n) is 5.94. The van der Waals surface area contributed by atoms with Crippen LogP contribution in [-0.2, 0) is 14.3 Å². The molecule has 1 unspecified atom stereocenters. The van der Waals surface area contributed by atoms with Crippen molar-refractivity contribution in [2.45, 2.75) is 69.4 Å². The Balaban J connectivity index is 1.72. The highest BCUT2D eigenvalue weighted by Crippen LogP contribution is 2.31. The molecule has 0 bridgehead atoms. The second-order valence-corrected chi connectivity index (χ2v) is 5.94. The lowest BCUT2D eigenvalue weighted by atomic mass is 9.79. The van der Waals surface area contributed by atoms with E-state index in [1.807, 2.05) is 7.05 Å². The first-order valence-electron chi connectivity index (χ1n) is 7.70. The average Bonchev–Trinajstić information content (AvgIpc) is 2.47. The Hall–Kier alpha value is -0.610. The molecule has 1 saturated carbocycles. The molecule has 2 aliphatic rings. The first-order valence-corrected chi connectivity index (χ1v) is 7.70. The van der Waals surface area contributed by atoms with Gasteiger partial charge in [-0.25, -0.2) is 0 Å². The summed E-state index contributed by atoms with van der Waals surface area (Å²) in [7, 11) is 1.96. The van der Waals surface area contributed by atoms with Crippen LogP contribution < -0.4 is 5.32 Å². The maximum atomic E-state index is 12.0. The van der Waals surface area contributed by atoms with Gasteiger partial charge >= 0.3 is 5.97 Å². The highest BCUT2D eigenvalue weighted by Gasteiger charge is 2.33. The van der Waals surface area contributed by atoms with E-state index in [2.05, 4.69) is 5.32 Å². The Morgan fingerprint density at radius 3 is 2.68 bits per heavy atom. The zero-order chi connectivity index (χ0) is 13.6. The fourth-order valence-corrected chi connectivity index (χ4v) is 3.20. The fraction of sp³-hybridized carbons (Fsp3) is 0.933. The highest BCUT2D eigenvalue weighted by molar-refractivity contribution is 5.71. The van der Waals surface area contributed by atoms with Gasteiger partial charge in [-0.3, -0.25) is 4.79 Å². The van der Waals surface area contributed by atoms with Crippen molar-refractivity contribution in [3.05, 3.63) is 0 Å². The van der Waals surface area contributed by atoms with E-state index in [0.717, 1.165) is 32.3 Å². The lowest BCUT2D eigenvalue weighted by Gasteiger charge is -2.36. The summed E-state index contributed by atoms with van der Waals surface area (Å²) in [6, 6.07) is 0. The molecule has 19 heavy (non-hydrogen) atoms. The molecule has 1 aliphatic carbocycles. The first kappa shape index (κ1) is 14.8. The summed E-state index contributed by atoms with van der Waals surface area (Å²) in [6.45, 7) is 1.24. The highest BCUT2D eigenvalue weighted by atomic mass is 16.6. The molecule has 1 saturated heterocycles. The van der Waals surface area contributed by atoms with Gasteiger partial charge in [0.1, 0.15) is 6.61 Å². The van der Waals surface area contributed by atoms with Crippen LogP contribution in [0, 0.1) is 0 Å². The van der Waals surface area contributed by atoms with Crippen molar-refractivity contribution in [3.63, 3.8) is 0 Å². The van der Waals surface area contributed by atoms with Gasteiger partial charge < -0.3 is 14.8 Å². The molecule has 1 atom stereocenters. The Bertz CT molecular complexity index is 281. The molecular formula is C15H27NO3. The minimum atomic E-state index is -0.0783. The molecule has 2 fully saturated rings. The van der Waals surface area contributed by atoms with Crippen LogP contribution >= 0.6 is 0 Å². The summed E-state index contributed by atoms with van der Waals surface area (Å²) in [6.07, 6.45) is 9.82. The van der Waals surface area contributed by atoms with E-state index in [4.69, 9.17) is 9.47 Å². The van der Waals surface area contributed by atoms with Gasteiger partial charge in [0.2, 0.25) is 0 Å². The molecule has 0 aromatic rings. The molecule has 0 radical (unpaired) electrons. The Morgan fingerprint density at radius 1 is 1.26 bits per heavy atom. The summed E-state index contributed by atoms with van der Waals surface area (Å²) in [5.74, 6) is -0.0783. The van der Waals surface area contributed by atoms with Crippen molar-refractivity contribution in [1.29, 1.82) is 0 Å². The lowest BCUT2D eigenvalue weighted by Crippen LogP contribution is -2.46. The van der Waals surface area contributed by atoms with Crippen LogP contribution in [0.5, 0.6) is 0 Å². The van der Waals surface area contributed by atoms with Gasteiger partial charge in [-0.15, -0.1) is 0 Å². The topological polar surface area (TPSA) is 47.6 Å². The average molecular weight is 269 g/mol. The maximum Gasteiger partial charge on any atom is 0.307 e. The third kappa shape index (κ3) is 4.46. The van der Waals surface area contributed by atoms with E-state index < -0.39 is 0 Å². The van der Waals surface area contributed by atoms with Crippen LogP contribution in [-0.4, -0.2) is 37.9 Å². The smallest absolute Gasteiger partial charge is 0.307 e. The summed E-state index contributed by atoms with van der Waals surface area (Å²) < 4.78 is 11.0. The summed E-state index contributed by atoms with van der Waals surface area (Å²) >= 11 is 0. The zero-order valence-corrected chi connectivity index (χ0v) is 12.1. The van der Waals surface area contributed by atoms with Gasteiger partial charge in [0.15, 0.2) is 0 Å². The molecule has 0 spiro atoms. The van der Waals surface area contributed by atoms with E-state index in [9.17, 15) is 4.79 Å². The van der Waals surface area contributed by atoms with Crippen molar-refractivity contribution < 1.29 is 14.3 Å². The van der Waals surface area contributed by atoms with Crippen molar-refractivity contribution in [1.82, 2.24) is 5.32 Å². The van der Waals surface area contributed by atoms with E-state index in [-0.39, 0.29) is 17.6 Å². The zero-order valence-electron chi connectivity index (χ0n) is 12.1. The number of carbonyl (C=O) groups excluding carboxylic acids is 1. The van der Waals surface area contributed by atoms with E-state index in [0.29, 0.717) is 13.0 Å². The normalized spacial score (nSPS) is 26.9. The van der Waals surface area contributed by atoms with Crippen molar-refractivity contribution in [2.75, 3.05) is 20.3 Å². The SMILES string of the molecule is CNC1(CC(=O)OCC2CCCCO2)CCCCC1. The minimum Gasteiger partial charge on any atom is -0.463 e. The van der Waals surface area contributed by atoms with Gasteiger partial charge in [0.25, 0.3) is 0 Å². The third-order valence-electron chi connectivity index (χ3n) is 4.53. The summed E-state index contributed by atoms with van der Waals surface area (Å²) in [5, 5.41) is 3.35. The van der Waals surface area contributed by atoms with Gasteiger partial charge in [-0.1, -0.05) is 19.3 Å². The molecule has 4 heteroatoms. The number of ether oxygens (including phenoxy) is 2. The molecule has 110 valence electrons. The van der Waals surface area contributed by atoms with Crippen LogP contribution in [0.15, 0.2) is 0 Å². The number of hydrogen-bond acceptors (Lipinski definition) is 4. The Morgan fingerprint density at radius 2 is 2.05 bits per heavy atom. The number of carbonyl (C=O) groups is 1. The Kier molecular flexibility index (Phi) is 5.64. The van der Waals surface area contributed by atoms with Crippen LogP contribution in [0.1, 0.15) is 57.8 Å². The van der Waals surface area contributed by atoms with Crippen LogP contribution in [0.3, 0.4) is 0 Å². The molecule has 1 N–H and O–H groups in total. The van der Waals surface area contributed by atoms with Gasteiger partial charge in [0.05, 0.1) is 12.5 Å². The number of hydrogen-bond donors (Lipinski definition) is 1. The predicted octanol–water partition coefficient (Wildman–Crippen LogP) is 2.41. The van der Waals surface area contributed by atoms with E-state index in [1.165, 1.54) is 25.7 Å². The quantitative estimate of drug-likeness (QED) is 0.779. The summed E-state index contributed by atoms with van der Waals surface area (Å²) in [5.41, 5.74) is -0.0250. The minimum absolute atomic E-state index is 0.0250. The van der Waals surface area contributed by atoms with Crippen LogP contribution in [0.4, 0.5) is 0 Å². The molecule has 0 aromatic heterocycles. The van der Waals surface area contributed by atoms with Crippen LogP contribution in [0.2, 0.25) is 0 Å². The number of nitrogens with one attached hydrogen (secondary N) is 1. The monoisotopic (exact) mass is 269 g/mol. The predicted molar refractivity (Wildman–Crippen MR) is 74.0 cm³/mol. The van der Waals surface area contributed by atoms with Crippen LogP contribution in [0.25, 0.3) is 0 Å². The summed E-state index contributed by atoms with van der Waals surface area (Å²) in [4.78, 5) is 12.0. The Labute approximate surface area is 116 Å². The maximum absolute atomic E-state index is 12.0. The van der Waals surface area contributed by atoms with Gasteiger partial charge in [-0.2, -0.15) is 0 Å². The van der Waals surface area contributed by atoms with Gasteiger partial charge in [-0.05, 0) is 39.2 Å². The van der Waals surface area contributed by atoms with Crippen molar-refractivity contribution in [2.24, 2.45) is 0 Å². The standard InChI is InChI=1S/C15H27NO3/c1-16-15(8-4-2-5-9-15)11-14(17)19-12-13-7-3-6-10-18-13/h13,16H,2-12H2,1H3. The van der Waals surface area contributed by atoms with Crippen molar-refractivity contribution in [3.8, 4) is 0 Å². The second kappa shape index (κ2) is 7.25. The number of esters is 1. The number of rotatable bonds is 5. The third-order valence-corrected chi connectivity index (χ3v) is 4.53. The fourth-order valence-electron chi connectivity index (χ4n) is 3.20.